The van der Waals surface area contributed by atoms with Crippen LogP contribution in [0.25, 0.3) is 0 Å². The van der Waals surface area contributed by atoms with Crippen molar-refractivity contribution in [3.05, 3.63) is 23.4 Å². The summed E-state index contributed by atoms with van der Waals surface area (Å²) in [6.45, 7) is 6.92. The van der Waals surface area contributed by atoms with Crippen LogP contribution in [0.15, 0.2) is 12.1 Å². The number of amides is 1. The van der Waals surface area contributed by atoms with Crippen molar-refractivity contribution in [2.75, 3.05) is 18.9 Å². The minimum absolute atomic E-state index is 0.0242. The summed E-state index contributed by atoms with van der Waals surface area (Å²) in [6.07, 6.45) is 2.18. The Morgan fingerprint density at radius 1 is 1.33 bits per heavy atom. The molecule has 1 aromatic rings. The molecule has 1 rings (SSSR count). The van der Waals surface area contributed by atoms with Crippen molar-refractivity contribution in [2.45, 2.75) is 33.6 Å². The topological polar surface area (TPSA) is 54.0 Å². The van der Waals surface area contributed by atoms with Gasteiger partial charge in [0.15, 0.2) is 0 Å². The van der Waals surface area contributed by atoms with Crippen molar-refractivity contribution in [1.29, 1.82) is 0 Å². The first-order chi connectivity index (χ1) is 8.60. The molecule has 4 nitrogen and oxygen atoms in total. The summed E-state index contributed by atoms with van der Waals surface area (Å²) in [5.41, 5.74) is 1.51. The van der Waals surface area contributed by atoms with Crippen molar-refractivity contribution in [2.24, 2.45) is 5.92 Å². The Kier molecular flexibility index (Phi) is 5.62. The Morgan fingerprint density at radius 2 is 2.00 bits per heavy atom. The second-order valence-electron chi connectivity index (χ2n) is 4.52. The highest BCUT2D eigenvalue weighted by atomic mass is 16.1. The quantitative estimate of drug-likeness (QED) is 0.814. The number of aromatic nitrogens is 1. The summed E-state index contributed by atoms with van der Waals surface area (Å²) in [5, 5.41) is 5.94. The highest BCUT2D eigenvalue weighted by Crippen LogP contribution is 2.10. The first-order valence-electron chi connectivity index (χ1n) is 6.55. The summed E-state index contributed by atoms with van der Waals surface area (Å²) in [5.74, 6) is 1.26. The third kappa shape index (κ3) is 4.02. The van der Waals surface area contributed by atoms with E-state index < -0.39 is 0 Å². The molecule has 0 saturated carbocycles. The lowest BCUT2D eigenvalue weighted by atomic mass is 10.0. The summed E-state index contributed by atoms with van der Waals surface area (Å²) in [7, 11) is 1.80. The molecule has 0 aliphatic carbocycles. The summed E-state index contributed by atoms with van der Waals surface area (Å²) >= 11 is 0. The van der Waals surface area contributed by atoms with Crippen molar-refractivity contribution < 1.29 is 4.79 Å². The molecule has 0 saturated heterocycles. The van der Waals surface area contributed by atoms with Gasteiger partial charge in [-0.25, -0.2) is 4.98 Å². The number of carbonyl (C=O) groups is 1. The van der Waals surface area contributed by atoms with Gasteiger partial charge in [-0.2, -0.15) is 0 Å². The van der Waals surface area contributed by atoms with Crippen molar-refractivity contribution in [3.63, 3.8) is 0 Å². The second kappa shape index (κ2) is 6.99. The second-order valence-corrected chi connectivity index (χ2v) is 4.52. The van der Waals surface area contributed by atoms with Crippen LogP contribution in [0.4, 0.5) is 5.82 Å². The molecule has 100 valence electrons. The van der Waals surface area contributed by atoms with Crippen LogP contribution in [-0.2, 0) is 0 Å². The molecule has 2 N–H and O–H groups in total. The minimum Gasteiger partial charge on any atom is -0.373 e. The lowest BCUT2D eigenvalue weighted by Crippen LogP contribution is -2.29. The lowest BCUT2D eigenvalue weighted by Gasteiger charge is -2.13. The van der Waals surface area contributed by atoms with E-state index >= 15 is 0 Å². The van der Waals surface area contributed by atoms with Crippen LogP contribution < -0.4 is 10.6 Å². The Labute approximate surface area is 109 Å². The van der Waals surface area contributed by atoms with E-state index in [-0.39, 0.29) is 5.91 Å². The van der Waals surface area contributed by atoms with Gasteiger partial charge in [-0.05, 0) is 25.0 Å². The van der Waals surface area contributed by atoms with Crippen LogP contribution in [0, 0.1) is 12.8 Å². The third-order valence-corrected chi connectivity index (χ3v) is 3.18. The molecule has 0 aliphatic heterocycles. The van der Waals surface area contributed by atoms with Gasteiger partial charge in [0.2, 0.25) is 0 Å². The Morgan fingerprint density at radius 3 is 2.56 bits per heavy atom. The number of carbonyl (C=O) groups excluding carboxylic acids is 1. The zero-order chi connectivity index (χ0) is 13.5. The average molecular weight is 249 g/mol. The molecule has 0 unspecified atom stereocenters. The lowest BCUT2D eigenvalue weighted by molar-refractivity contribution is 0.0946. The first kappa shape index (κ1) is 14.5. The van der Waals surface area contributed by atoms with Gasteiger partial charge < -0.3 is 10.6 Å². The SMILES string of the molecule is CCC(CC)CNC(=O)c1cc(C)nc(NC)c1. The molecule has 4 heteroatoms. The number of anilines is 1. The number of pyridine rings is 1. The number of aryl methyl sites for hydroxylation is 1. The molecule has 1 amide bonds. The summed E-state index contributed by atoms with van der Waals surface area (Å²) in [4.78, 5) is 16.3. The number of hydrogen-bond acceptors (Lipinski definition) is 3. The van der Waals surface area contributed by atoms with Gasteiger partial charge in [-0.3, -0.25) is 4.79 Å². The fourth-order valence-electron chi connectivity index (χ4n) is 1.84. The van der Waals surface area contributed by atoms with Crippen LogP contribution in [0.5, 0.6) is 0 Å². The Bertz CT molecular complexity index is 400. The van der Waals surface area contributed by atoms with Gasteiger partial charge in [0.1, 0.15) is 5.82 Å². The number of nitrogens with zero attached hydrogens (tertiary/aromatic N) is 1. The van der Waals surface area contributed by atoms with Crippen LogP contribution in [0.1, 0.15) is 42.7 Å². The van der Waals surface area contributed by atoms with E-state index in [9.17, 15) is 4.79 Å². The molecule has 1 heterocycles. The molecular weight excluding hydrogens is 226 g/mol. The maximum atomic E-state index is 12.0. The van der Waals surface area contributed by atoms with Gasteiger partial charge in [0.25, 0.3) is 5.91 Å². The molecule has 0 aliphatic rings. The molecule has 0 atom stereocenters. The van der Waals surface area contributed by atoms with Gasteiger partial charge >= 0.3 is 0 Å². The van der Waals surface area contributed by atoms with Gasteiger partial charge in [-0.15, -0.1) is 0 Å². The van der Waals surface area contributed by atoms with E-state index in [2.05, 4.69) is 29.5 Å². The third-order valence-electron chi connectivity index (χ3n) is 3.18. The Balaban J connectivity index is 2.69. The zero-order valence-corrected chi connectivity index (χ0v) is 11.7. The maximum absolute atomic E-state index is 12.0. The van der Waals surface area contributed by atoms with E-state index in [4.69, 9.17) is 0 Å². The maximum Gasteiger partial charge on any atom is 0.251 e. The highest BCUT2D eigenvalue weighted by molar-refractivity contribution is 5.94. The standard InChI is InChI=1S/C14H23N3O/c1-5-11(6-2)9-16-14(18)12-7-10(3)17-13(8-12)15-4/h7-8,11H,5-6,9H2,1-4H3,(H,15,17)(H,16,18). The van der Waals surface area contributed by atoms with Gasteiger partial charge in [0.05, 0.1) is 0 Å². The van der Waals surface area contributed by atoms with E-state index in [1.807, 2.05) is 13.0 Å². The fraction of sp³-hybridized carbons (Fsp3) is 0.571. The number of nitrogens with one attached hydrogen (secondary N) is 2. The van der Waals surface area contributed by atoms with E-state index in [1.165, 1.54) is 0 Å². The molecular formula is C14H23N3O. The molecule has 0 fully saturated rings. The number of rotatable bonds is 6. The van der Waals surface area contributed by atoms with Crippen LogP contribution >= 0.6 is 0 Å². The predicted molar refractivity (Wildman–Crippen MR) is 74.9 cm³/mol. The normalized spacial score (nSPS) is 10.5. The zero-order valence-electron chi connectivity index (χ0n) is 11.7. The van der Waals surface area contributed by atoms with Gasteiger partial charge in [0, 0.05) is 24.8 Å². The molecule has 0 radical (unpaired) electrons. The predicted octanol–water partition coefficient (Wildman–Crippen LogP) is 2.60. The smallest absolute Gasteiger partial charge is 0.251 e. The highest BCUT2D eigenvalue weighted by Gasteiger charge is 2.10. The van der Waals surface area contributed by atoms with E-state index in [1.54, 1.807) is 13.1 Å². The van der Waals surface area contributed by atoms with Crippen molar-refractivity contribution in [3.8, 4) is 0 Å². The minimum atomic E-state index is -0.0242. The van der Waals surface area contributed by atoms with Crippen molar-refractivity contribution in [1.82, 2.24) is 10.3 Å². The van der Waals surface area contributed by atoms with Crippen LogP contribution in [0.2, 0.25) is 0 Å². The monoisotopic (exact) mass is 249 g/mol. The molecule has 0 bridgehead atoms. The first-order valence-corrected chi connectivity index (χ1v) is 6.55. The van der Waals surface area contributed by atoms with E-state index in [0.29, 0.717) is 11.5 Å². The van der Waals surface area contributed by atoms with Gasteiger partial charge in [-0.1, -0.05) is 26.7 Å². The molecule has 0 spiro atoms. The Hall–Kier alpha value is -1.58. The molecule has 1 aromatic heterocycles. The summed E-state index contributed by atoms with van der Waals surface area (Å²) in [6, 6.07) is 3.58. The number of hydrogen-bond donors (Lipinski definition) is 2. The fourth-order valence-corrected chi connectivity index (χ4v) is 1.84. The average Bonchev–Trinajstić information content (AvgIpc) is 2.38. The molecule has 0 aromatic carbocycles. The van der Waals surface area contributed by atoms with Crippen molar-refractivity contribution >= 4 is 11.7 Å². The summed E-state index contributed by atoms with van der Waals surface area (Å²) < 4.78 is 0. The molecule has 18 heavy (non-hydrogen) atoms. The van der Waals surface area contributed by atoms with Crippen LogP contribution in [0.3, 0.4) is 0 Å². The van der Waals surface area contributed by atoms with E-state index in [0.717, 1.165) is 30.9 Å². The van der Waals surface area contributed by atoms with Crippen LogP contribution in [-0.4, -0.2) is 24.5 Å². The largest absolute Gasteiger partial charge is 0.373 e.